The Morgan fingerprint density at radius 2 is 1.62 bits per heavy atom. The molecule has 3 heteroatoms. The maximum absolute atomic E-state index is 12.0. The van der Waals surface area contributed by atoms with E-state index in [1.807, 2.05) is 48.5 Å². The monoisotopic (exact) mass is 227 g/mol. The van der Waals surface area contributed by atoms with E-state index in [2.05, 4.69) is 11.9 Å². The maximum Gasteiger partial charge on any atom is 0.329 e. The zero-order valence-electron chi connectivity index (χ0n) is 11.6. The molecule has 0 aliphatic heterocycles. The van der Waals surface area contributed by atoms with Crippen molar-refractivity contribution in [2.24, 2.45) is 5.41 Å². The van der Waals surface area contributed by atoms with E-state index in [0.717, 1.165) is 5.70 Å². The Kier molecular flexibility index (Phi) is 4.59. The Morgan fingerprint density at radius 3 is 1.88 bits per heavy atom. The number of carbonyl (C=O) groups excluding carboxylic acids is 1. The lowest BCUT2D eigenvalue weighted by Gasteiger charge is -2.33. The van der Waals surface area contributed by atoms with Crippen molar-refractivity contribution in [3.63, 3.8) is 0 Å². The van der Waals surface area contributed by atoms with Crippen LogP contribution in [-0.4, -0.2) is 17.6 Å². The summed E-state index contributed by atoms with van der Waals surface area (Å²) >= 11 is 0. The average Bonchev–Trinajstić information content (AvgIpc) is 1.93. The third-order valence-electron chi connectivity index (χ3n) is 1.90. The molecule has 1 atom stereocenters. The van der Waals surface area contributed by atoms with E-state index in [4.69, 9.17) is 4.74 Å². The second kappa shape index (κ2) is 4.89. The molecule has 0 radical (unpaired) electrons. The summed E-state index contributed by atoms with van der Waals surface area (Å²) in [6.45, 7) is 17.2. The van der Waals surface area contributed by atoms with Crippen molar-refractivity contribution in [3.8, 4) is 0 Å². The summed E-state index contributed by atoms with van der Waals surface area (Å²) in [4.78, 5) is 12.0. The van der Waals surface area contributed by atoms with E-state index < -0.39 is 5.60 Å². The van der Waals surface area contributed by atoms with Crippen molar-refractivity contribution >= 4 is 5.97 Å². The second-order valence-corrected chi connectivity index (χ2v) is 6.26. The normalized spacial score (nSPS) is 14.2. The van der Waals surface area contributed by atoms with Crippen molar-refractivity contribution in [2.75, 3.05) is 0 Å². The molecule has 1 N–H and O–H groups in total. The van der Waals surface area contributed by atoms with Gasteiger partial charge in [-0.2, -0.15) is 0 Å². The molecule has 0 heterocycles. The number of hydrogen-bond donors (Lipinski definition) is 1. The van der Waals surface area contributed by atoms with Gasteiger partial charge in [0.2, 0.25) is 0 Å². The summed E-state index contributed by atoms with van der Waals surface area (Å²) in [7, 11) is 0. The first-order chi connectivity index (χ1) is 6.93. The molecule has 0 saturated carbocycles. The van der Waals surface area contributed by atoms with Gasteiger partial charge in [-0.1, -0.05) is 27.4 Å². The molecular formula is C13H25NO2. The summed E-state index contributed by atoms with van der Waals surface area (Å²) < 4.78 is 5.38. The zero-order valence-corrected chi connectivity index (χ0v) is 11.6. The molecule has 94 valence electrons. The minimum Gasteiger partial charge on any atom is -0.458 e. The summed E-state index contributed by atoms with van der Waals surface area (Å²) in [6.07, 6.45) is 0. The largest absolute Gasteiger partial charge is 0.458 e. The van der Waals surface area contributed by atoms with Crippen LogP contribution in [0.4, 0.5) is 0 Å². The van der Waals surface area contributed by atoms with Gasteiger partial charge in [0.25, 0.3) is 0 Å². The lowest BCUT2D eigenvalue weighted by molar-refractivity contribution is -0.160. The van der Waals surface area contributed by atoms with E-state index in [1.54, 1.807) is 0 Å². The molecule has 16 heavy (non-hydrogen) atoms. The quantitative estimate of drug-likeness (QED) is 0.753. The first kappa shape index (κ1) is 15.0. The van der Waals surface area contributed by atoms with Crippen molar-refractivity contribution in [2.45, 2.75) is 60.1 Å². The summed E-state index contributed by atoms with van der Waals surface area (Å²) in [5.41, 5.74) is 0.101. The predicted octanol–water partition coefficient (Wildman–Crippen LogP) is 2.87. The number of ether oxygens (including phenoxy) is 1. The third-order valence-corrected chi connectivity index (χ3v) is 1.90. The van der Waals surface area contributed by atoms with Crippen LogP contribution in [0.5, 0.6) is 0 Å². The molecule has 0 rings (SSSR count). The molecule has 0 saturated heterocycles. The van der Waals surface area contributed by atoms with E-state index in [-0.39, 0.29) is 17.4 Å². The van der Waals surface area contributed by atoms with Crippen LogP contribution in [0, 0.1) is 5.41 Å². The standard InChI is InChI=1S/C13H25NO2/c1-9(2)14-10(12(3,4)5)11(15)16-13(6,7)8/h10,14H,1H2,2-8H3. The van der Waals surface area contributed by atoms with E-state index >= 15 is 0 Å². The number of rotatable bonds is 3. The molecule has 0 fully saturated rings. The molecule has 0 amide bonds. The van der Waals surface area contributed by atoms with Gasteiger partial charge in [0.1, 0.15) is 11.6 Å². The predicted molar refractivity (Wildman–Crippen MR) is 67.0 cm³/mol. The average molecular weight is 227 g/mol. The number of nitrogens with one attached hydrogen (secondary N) is 1. The fraction of sp³-hybridized carbons (Fsp3) is 0.769. The van der Waals surface area contributed by atoms with E-state index in [1.165, 1.54) is 0 Å². The van der Waals surface area contributed by atoms with Crippen LogP contribution in [0.3, 0.4) is 0 Å². The lowest BCUT2D eigenvalue weighted by Crippen LogP contribution is -2.48. The van der Waals surface area contributed by atoms with Gasteiger partial charge in [-0.3, -0.25) is 0 Å². The van der Waals surface area contributed by atoms with Gasteiger partial charge in [-0.25, -0.2) is 4.79 Å². The highest BCUT2D eigenvalue weighted by Crippen LogP contribution is 2.23. The topological polar surface area (TPSA) is 38.3 Å². The fourth-order valence-corrected chi connectivity index (χ4v) is 1.24. The van der Waals surface area contributed by atoms with Crippen LogP contribution in [0.1, 0.15) is 48.5 Å². The van der Waals surface area contributed by atoms with Crippen LogP contribution >= 0.6 is 0 Å². The van der Waals surface area contributed by atoms with Crippen LogP contribution < -0.4 is 5.32 Å². The Balaban J connectivity index is 4.78. The van der Waals surface area contributed by atoms with Gasteiger partial charge >= 0.3 is 5.97 Å². The van der Waals surface area contributed by atoms with Gasteiger partial charge in [0, 0.05) is 5.70 Å². The zero-order chi connectivity index (χ0) is 13.1. The molecule has 0 aliphatic rings. The third kappa shape index (κ3) is 5.79. The molecule has 0 spiro atoms. The van der Waals surface area contributed by atoms with Crippen LogP contribution in [-0.2, 0) is 9.53 Å². The first-order valence-corrected chi connectivity index (χ1v) is 5.58. The summed E-state index contributed by atoms with van der Waals surface area (Å²) in [6, 6.07) is -0.371. The summed E-state index contributed by atoms with van der Waals surface area (Å²) in [5.74, 6) is -0.233. The highest BCUT2D eigenvalue weighted by atomic mass is 16.6. The van der Waals surface area contributed by atoms with Crippen molar-refractivity contribution in [1.82, 2.24) is 5.32 Å². The van der Waals surface area contributed by atoms with E-state index in [0.29, 0.717) is 0 Å². The first-order valence-electron chi connectivity index (χ1n) is 5.58. The Labute approximate surface area is 99.3 Å². The molecule has 0 bridgehead atoms. The summed E-state index contributed by atoms with van der Waals surface area (Å²) in [5, 5.41) is 3.07. The van der Waals surface area contributed by atoms with Crippen LogP contribution in [0.15, 0.2) is 12.3 Å². The Morgan fingerprint density at radius 1 is 1.19 bits per heavy atom. The smallest absolute Gasteiger partial charge is 0.329 e. The van der Waals surface area contributed by atoms with Crippen molar-refractivity contribution in [3.05, 3.63) is 12.3 Å². The van der Waals surface area contributed by atoms with Gasteiger partial charge in [-0.15, -0.1) is 0 Å². The SMILES string of the molecule is C=C(C)NC(C(=O)OC(C)(C)C)C(C)(C)C. The van der Waals surface area contributed by atoms with Crippen molar-refractivity contribution in [1.29, 1.82) is 0 Å². The minimum absolute atomic E-state index is 0.207. The molecule has 3 nitrogen and oxygen atoms in total. The van der Waals surface area contributed by atoms with Gasteiger partial charge in [0.15, 0.2) is 0 Å². The van der Waals surface area contributed by atoms with E-state index in [9.17, 15) is 4.79 Å². The highest BCUT2D eigenvalue weighted by molar-refractivity contribution is 5.77. The Hall–Kier alpha value is -0.990. The van der Waals surface area contributed by atoms with Crippen LogP contribution in [0.25, 0.3) is 0 Å². The van der Waals surface area contributed by atoms with Crippen molar-refractivity contribution < 1.29 is 9.53 Å². The van der Waals surface area contributed by atoms with Crippen LogP contribution in [0.2, 0.25) is 0 Å². The highest BCUT2D eigenvalue weighted by Gasteiger charge is 2.34. The molecule has 0 aliphatic carbocycles. The molecular weight excluding hydrogens is 202 g/mol. The number of hydrogen-bond acceptors (Lipinski definition) is 3. The number of carbonyl (C=O) groups is 1. The van der Waals surface area contributed by atoms with Gasteiger partial charge in [0.05, 0.1) is 0 Å². The molecule has 1 unspecified atom stereocenters. The maximum atomic E-state index is 12.0. The second-order valence-electron chi connectivity index (χ2n) is 6.26. The number of esters is 1. The Bertz CT molecular complexity index is 269. The van der Waals surface area contributed by atoms with Gasteiger partial charge < -0.3 is 10.1 Å². The van der Waals surface area contributed by atoms with Gasteiger partial charge in [-0.05, 0) is 33.1 Å². The minimum atomic E-state index is -0.461. The molecule has 0 aromatic heterocycles. The number of allylic oxidation sites excluding steroid dienone is 1. The lowest BCUT2D eigenvalue weighted by atomic mass is 9.86. The molecule has 0 aromatic carbocycles. The molecule has 0 aromatic rings. The fourth-order valence-electron chi connectivity index (χ4n) is 1.24.